The van der Waals surface area contributed by atoms with Crippen LogP contribution in [0.25, 0.3) is 0 Å². The van der Waals surface area contributed by atoms with Crippen molar-refractivity contribution >= 4 is 17.3 Å². The maximum atomic E-state index is 11.6. The second-order valence-electron chi connectivity index (χ2n) is 5.77. The molecule has 0 saturated carbocycles. The fraction of sp³-hybridized carbons (Fsp3) is 0.562. The number of nitrogens with zero attached hydrogens (tertiary/aromatic N) is 2. The number of carbonyl (C=O) groups excluding carboxylic acids is 1. The second kappa shape index (κ2) is 7.31. The number of amides is 1. The quantitative estimate of drug-likeness (QED) is 0.851. The lowest BCUT2D eigenvalue weighted by atomic mass is 10.0. The summed E-state index contributed by atoms with van der Waals surface area (Å²) >= 11 is 0. The van der Waals surface area contributed by atoms with Gasteiger partial charge < -0.3 is 20.4 Å². The largest absolute Gasteiger partial charge is 0.378 e. The first-order valence-corrected chi connectivity index (χ1v) is 7.56. The zero-order valence-corrected chi connectivity index (χ0v) is 13.2. The van der Waals surface area contributed by atoms with E-state index >= 15 is 0 Å². The Hall–Kier alpha value is -1.75. The lowest BCUT2D eigenvalue weighted by Crippen LogP contribution is -2.46. The molecule has 2 rings (SSSR count). The van der Waals surface area contributed by atoms with Crippen LogP contribution in [-0.4, -0.2) is 52.7 Å². The maximum Gasteiger partial charge on any atom is 0.234 e. The number of hydrogen-bond donors (Lipinski definition) is 2. The molecule has 0 spiro atoms. The molecule has 5 heteroatoms. The molecule has 5 nitrogen and oxygen atoms in total. The third kappa shape index (κ3) is 4.36. The predicted molar refractivity (Wildman–Crippen MR) is 88.1 cm³/mol. The number of likely N-dealkylation sites (N-methyl/N-ethyl adjacent to an activating group) is 1. The molecule has 1 heterocycles. The molecule has 1 aromatic carbocycles. The van der Waals surface area contributed by atoms with Gasteiger partial charge in [-0.05, 0) is 44.2 Å². The Morgan fingerprint density at radius 3 is 2.38 bits per heavy atom. The molecule has 0 atom stereocenters. The summed E-state index contributed by atoms with van der Waals surface area (Å²) in [6, 6.07) is 8.96. The molecule has 116 valence electrons. The van der Waals surface area contributed by atoms with Crippen molar-refractivity contribution in [2.24, 2.45) is 0 Å². The number of carbonyl (C=O) groups is 1. The van der Waals surface area contributed by atoms with Crippen molar-refractivity contribution in [3.05, 3.63) is 24.3 Å². The number of hydrogen-bond acceptors (Lipinski definition) is 4. The van der Waals surface area contributed by atoms with E-state index in [0.717, 1.165) is 25.9 Å². The van der Waals surface area contributed by atoms with Gasteiger partial charge in [0.05, 0.1) is 6.54 Å². The molecule has 0 aliphatic carbocycles. The van der Waals surface area contributed by atoms with Gasteiger partial charge in [-0.3, -0.25) is 4.79 Å². The Bertz CT molecular complexity index is 450. The van der Waals surface area contributed by atoms with Crippen LogP contribution in [0, 0.1) is 0 Å². The van der Waals surface area contributed by atoms with Crippen molar-refractivity contribution in [1.82, 2.24) is 10.6 Å². The molecule has 1 aliphatic heterocycles. The molecule has 0 aromatic heterocycles. The summed E-state index contributed by atoms with van der Waals surface area (Å²) in [6.45, 7) is 2.38. The number of nitrogens with one attached hydrogen (secondary N) is 2. The van der Waals surface area contributed by atoms with E-state index in [2.05, 4.69) is 44.7 Å². The number of piperidine rings is 1. The van der Waals surface area contributed by atoms with Gasteiger partial charge >= 0.3 is 0 Å². The van der Waals surface area contributed by atoms with Crippen LogP contribution >= 0.6 is 0 Å². The highest BCUT2D eigenvalue weighted by Crippen LogP contribution is 2.22. The highest BCUT2D eigenvalue weighted by Gasteiger charge is 2.20. The van der Waals surface area contributed by atoms with E-state index < -0.39 is 0 Å². The minimum absolute atomic E-state index is 0.0892. The molecular formula is C16H26N4O. The Balaban J connectivity index is 1.84. The van der Waals surface area contributed by atoms with Crippen molar-refractivity contribution < 1.29 is 4.79 Å². The lowest BCUT2D eigenvalue weighted by Gasteiger charge is -2.34. The van der Waals surface area contributed by atoms with Crippen LogP contribution in [0.15, 0.2) is 24.3 Å². The van der Waals surface area contributed by atoms with Gasteiger partial charge in [0, 0.05) is 44.6 Å². The lowest BCUT2D eigenvalue weighted by molar-refractivity contribution is -0.120. The Morgan fingerprint density at radius 2 is 1.86 bits per heavy atom. The molecule has 21 heavy (non-hydrogen) atoms. The van der Waals surface area contributed by atoms with E-state index in [-0.39, 0.29) is 5.91 Å². The second-order valence-corrected chi connectivity index (χ2v) is 5.77. The van der Waals surface area contributed by atoms with Gasteiger partial charge in [-0.15, -0.1) is 0 Å². The molecule has 0 unspecified atom stereocenters. The van der Waals surface area contributed by atoms with Crippen LogP contribution in [0.1, 0.15) is 12.8 Å². The Labute approximate surface area is 127 Å². The average molecular weight is 290 g/mol. The minimum Gasteiger partial charge on any atom is -0.378 e. The molecule has 1 saturated heterocycles. The van der Waals surface area contributed by atoms with Gasteiger partial charge in [-0.2, -0.15) is 0 Å². The molecule has 2 N–H and O–H groups in total. The van der Waals surface area contributed by atoms with E-state index in [1.165, 1.54) is 11.4 Å². The van der Waals surface area contributed by atoms with E-state index in [0.29, 0.717) is 12.6 Å². The van der Waals surface area contributed by atoms with Crippen molar-refractivity contribution in [2.75, 3.05) is 50.6 Å². The van der Waals surface area contributed by atoms with Crippen LogP contribution in [-0.2, 0) is 4.79 Å². The summed E-state index contributed by atoms with van der Waals surface area (Å²) in [5, 5.41) is 5.96. The summed E-state index contributed by atoms with van der Waals surface area (Å²) in [6.07, 6.45) is 2.01. The van der Waals surface area contributed by atoms with Crippen molar-refractivity contribution in [3.8, 4) is 0 Å². The van der Waals surface area contributed by atoms with Gasteiger partial charge in [0.1, 0.15) is 0 Å². The minimum atomic E-state index is 0.0892. The first-order chi connectivity index (χ1) is 10.1. The summed E-state index contributed by atoms with van der Waals surface area (Å²) in [4.78, 5) is 16.1. The van der Waals surface area contributed by atoms with Crippen LogP contribution in [0.5, 0.6) is 0 Å². The topological polar surface area (TPSA) is 47.6 Å². The molecule has 0 radical (unpaired) electrons. The fourth-order valence-electron chi connectivity index (χ4n) is 2.68. The average Bonchev–Trinajstić information content (AvgIpc) is 2.48. The van der Waals surface area contributed by atoms with Gasteiger partial charge in [-0.25, -0.2) is 0 Å². The van der Waals surface area contributed by atoms with E-state index in [1.54, 1.807) is 7.05 Å². The number of anilines is 2. The van der Waals surface area contributed by atoms with Gasteiger partial charge in [0.15, 0.2) is 0 Å². The van der Waals surface area contributed by atoms with Gasteiger partial charge in [0.2, 0.25) is 5.91 Å². The van der Waals surface area contributed by atoms with Crippen molar-refractivity contribution in [1.29, 1.82) is 0 Å². The SMILES string of the molecule is CNCC(=O)NC1CCN(c2ccc(N(C)C)cc2)CC1. The smallest absolute Gasteiger partial charge is 0.234 e. The third-order valence-corrected chi connectivity index (χ3v) is 3.93. The highest BCUT2D eigenvalue weighted by molar-refractivity contribution is 5.78. The summed E-state index contributed by atoms with van der Waals surface area (Å²) in [7, 11) is 5.89. The van der Waals surface area contributed by atoms with Crippen LogP contribution in [0.3, 0.4) is 0 Å². The Morgan fingerprint density at radius 1 is 1.24 bits per heavy atom. The predicted octanol–water partition coefficient (Wildman–Crippen LogP) is 1.06. The summed E-state index contributed by atoms with van der Waals surface area (Å²) in [5.41, 5.74) is 2.48. The molecular weight excluding hydrogens is 264 g/mol. The van der Waals surface area contributed by atoms with Crippen LogP contribution in [0.4, 0.5) is 11.4 Å². The molecule has 1 aliphatic rings. The normalized spacial score (nSPS) is 15.9. The summed E-state index contributed by atoms with van der Waals surface area (Å²) in [5.74, 6) is 0.0892. The monoisotopic (exact) mass is 290 g/mol. The molecule has 1 aromatic rings. The fourth-order valence-corrected chi connectivity index (χ4v) is 2.68. The zero-order valence-electron chi connectivity index (χ0n) is 13.2. The number of benzene rings is 1. The van der Waals surface area contributed by atoms with E-state index in [9.17, 15) is 4.79 Å². The standard InChI is InChI=1S/C16H26N4O/c1-17-12-16(21)18-13-8-10-20(11-9-13)15-6-4-14(5-7-15)19(2)3/h4-7,13,17H,8-12H2,1-3H3,(H,18,21). The van der Waals surface area contributed by atoms with Crippen LogP contribution < -0.4 is 20.4 Å². The Kier molecular flexibility index (Phi) is 5.44. The third-order valence-electron chi connectivity index (χ3n) is 3.93. The molecule has 1 fully saturated rings. The first-order valence-electron chi connectivity index (χ1n) is 7.56. The van der Waals surface area contributed by atoms with Crippen molar-refractivity contribution in [3.63, 3.8) is 0 Å². The van der Waals surface area contributed by atoms with Gasteiger partial charge in [0.25, 0.3) is 0 Å². The van der Waals surface area contributed by atoms with Crippen molar-refractivity contribution in [2.45, 2.75) is 18.9 Å². The van der Waals surface area contributed by atoms with Crippen LogP contribution in [0.2, 0.25) is 0 Å². The highest BCUT2D eigenvalue weighted by atomic mass is 16.1. The van der Waals surface area contributed by atoms with E-state index in [4.69, 9.17) is 0 Å². The summed E-state index contributed by atoms with van der Waals surface area (Å²) < 4.78 is 0. The zero-order chi connectivity index (χ0) is 15.2. The molecule has 0 bridgehead atoms. The van der Waals surface area contributed by atoms with Gasteiger partial charge in [-0.1, -0.05) is 0 Å². The van der Waals surface area contributed by atoms with E-state index in [1.807, 2.05) is 14.1 Å². The maximum absolute atomic E-state index is 11.6. The first kappa shape index (κ1) is 15.6. The number of rotatable bonds is 5. The molecule has 1 amide bonds.